The summed E-state index contributed by atoms with van der Waals surface area (Å²) >= 11 is 0. The van der Waals surface area contributed by atoms with Crippen LogP contribution in [-0.2, 0) is 6.42 Å². The van der Waals surface area contributed by atoms with Crippen molar-refractivity contribution in [1.82, 2.24) is 0 Å². The van der Waals surface area contributed by atoms with Crippen LogP contribution in [0.2, 0.25) is 0 Å². The SMILES string of the molecule is COc1ccc([C@H]2COc3c(ccc4c3C=CC(C)(C)O4)C2)c(O)c1. The molecule has 2 heterocycles. The monoisotopic (exact) mass is 338 g/mol. The van der Waals surface area contributed by atoms with Gasteiger partial charge < -0.3 is 19.3 Å². The van der Waals surface area contributed by atoms with E-state index in [0.29, 0.717) is 12.4 Å². The summed E-state index contributed by atoms with van der Waals surface area (Å²) in [6.07, 6.45) is 4.96. The second-order valence-corrected chi connectivity index (χ2v) is 7.14. The van der Waals surface area contributed by atoms with E-state index in [2.05, 4.69) is 18.2 Å². The van der Waals surface area contributed by atoms with Crippen LogP contribution in [-0.4, -0.2) is 24.4 Å². The number of phenols is 1. The molecule has 1 atom stereocenters. The molecule has 4 rings (SSSR count). The van der Waals surface area contributed by atoms with Crippen LogP contribution in [0.3, 0.4) is 0 Å². The van der Waals surface area contributed by atoms with Crippen molar-refractivity contribution >= 4 is 6.08 Å². The third-order valence-electron chi connectivity index (χ3n) is 4.83. The first-order valence-corrected chi connectivity index (χ1v) is 8.51. The fourth-order valence-corrected chi connectivity index (χ4v) is 3.51. The summed E-state index contributed by atoms with van der Waals surface area (Å²) in [5, 5.41) is 10.3. The lowest BCUT2D eigenvalue weighted by atomic mass is 9.88. The number of aromatic hydroxyl groups is 1. The minimum Gasteiger partial charge on any atom is -0.508 e. The van der Waals surface area contributed by atoms with E-state index in [-0.39, 0.29) is 17.3 Å². The lowest BCUT2D eigenvalue weighted by Crippen LogP contribution is -2.28. The molecule has 2 aliphatic heterocycles. The molecule has 130 valence electrons. The van der Waals surface area contributed by atoms with Crippen LogP contribution >= 0.6 is 0 Å². The van der Waals surface area contributed by atoms with Gasteiger partial charge in [-0.2, -0.15) is 0 Å². The second-order valence-electron chi connectivity index (χ2n) is 7.14. The Kier molecular flexibility index (Phi) is 3.64. The highest BCUT2D eigenvalue weighted by Crippen LogP contribution is 2.44. The normalized spacial score (nSPS) is 20.0. The van der Waals surface area contributed by atoms with E-state index < -0.39 is 0 Å². The van der Waals surface area contributed by atoms with Gasteiger partial charge >= 0.3 is 0 Å². The summed E-state index contributed by atoms with van der Waals surface area (Å²) in [6, 6.07) is 9.51. The second kappa shape index (κ2) is 5.73. The van der Waals surface area contributed by atoms with Crippen LogP contribution in [0.5, 0.6) is 23.0 Å². The highest BCUT2D eigenvalue weighted by Gasteiger charge is 2.29. The average Bonchev–Trinajstić information content (AvgIpc) is 2.60. The Bertz CT molecular complexity index is 851. The van der Waals surface area contributed by atoms with Crippen molar-refractivity contribution in [3.05, 3.63) is 53.1 Å². The molecule has 4 nitrogen and oxygen atoms in total. The van der Waals surface area contributed by atoms with E-state index in [0.717, 1.165) is 34.6 Å². The largest absolute Gasteiger partial charge is 0.508 e. The van der Waals surface area contributed by atoms with Crippen LogP contribution in [0.15, 0.2) is 36.4 Å². The number of hydrogen-bond donors (Lipinski definition) is 1. The molecule has 25 heavy (non-hydrogen) atoms. The minimum absolute atomic E-state index is 0.112. The number of fused-ring (bicyclic) bond motifs is 3. The van der Waals surface area contributed by atoms with Gasteiger partial charge in [0, 0.05) is 17.5 Å². The summed E-state index contributed by atoms with van der Waals surface area (Å²) in [5.74, 6) is 2.77. The Balaban J connectivity index is 1.65. The van der Waals surface area contributed by atoms with Crippen molar-refractivity contribution in [2.24, 2.45) is 0 Å². The van der Waals surface area contributed by atoms with Crippen molar-refractivity contribution in [2.45, 2.75) is 31.8 Å². The Morgan fingerprint density at radius 2 is 2.04 bits per heavy atom. The van der Waals surface area contributed by atoms with Crippen LogP contribution in [0.1, 0.15) is 36.5 Å². The van der Waals surface area contributed by atoms with E-state index in [1.54, 1.807) is 13.2 Å². The van der Waals surface area contributed by atoms with E-state index in [1.165, 1.54) is 0 Å². The molecule has 1 N–H and O–H groups in total. The predicted octanol–water partition coefficient (Wildman–Crippen LogP) is 4.30. The summed E-state index contributed by atoms with van der Waals surface area (Å²) in [6.45, 7) is 4.60. The maximum Gasteiger partial charge on any atom is 0.133 e. The Morgan fingerprint density at radius 3 is 2.80 bits per heavy atom. The average molecular weight is 338 g/mol. The molecule has 0 spiro atoms. The van der Waals surface area contributed by atoms with Crippen molar-refractivity contribution < 1.29 is 19.3 Å². The molecule has 0 unspecified atom stereocenters. The topological polar surface area (TPSA) is 47.9 Å². The molecule has 0 amide bonds. The molecule has 4 heteroatoms. The van der Waals surface area contributed by atoms with Gasteiger partial charge in [-0.15, -0.1) is 0 Å². The minimum atomic E-state index is -0.298. The first kappa shape index (κ1) is 15.9. The molecule has 2 aromatic rings. The van der Waals surface area contributed by atoms with Gasteiger partial charge in [0.05, 0.1) is 19.3 Å². The number of phenolic OH excluding ortho intramolecular Hbond substituents is 1. The molecular formula is C21H22O4. The molecule has 0 aliphatic carbocycles. The molecule has 0 radical (unpaired) electrons. The molecular weight excluding hydrogens is 316 g/mol. The van der Waals surface area contributed by atoms with Gasteiger partial charge in [-0.3, -0.25) is 0 Å². The van der Waals surface area contributed by atoms with E-state index >= 15 is 0 Å². The molecule has 0 aromatic heterocycles. The lowest BCUT2D eigenvalue weighted by molar-refractivity contribution is 0.157. The predicted molar refractivity (Wildman–Crippen MR) is 96.8 cm³/mol. The highest BCUT2D eigenvalue weighted by molar-refractivity contribution is 5.69. The van der Waals surface area contributed by atoms with Gasteiger partial charge in [0.25, 0.3) is 0 Å². The quantitative estimate of drug-likeness (QED) is 0.887. The fourth-order valence-electron chi connectivity index (χ4n) is 3.51. The number of ether oxygens (including phenoxy) is 3. The van der Waals surface area contributed by atoms with Crippen molar-refractivity contribution in [3.8, 4) is 23.0 Å². The zero-order valence-corrected chi connectivity index (χ0v) is 14.7. The molecule has 0 saturated heterocycles. The Labute approximate surface area is 147 Å². The Morgan fingerprint density at radius 1 is 1.20 bits per heavy atom. The van der Waals surface area contributed by atoms with Crippen molar-refractivity contribution in [1.29, 1.82) is 0 Å². The van der Waals surface area contributed by atoms with Crippen molar-refractivity contribution in [2.75, 3.05) is 13.7 Å². The summed E-state index contributed by atoms with van der Waals surface area (Å²) in [4.78, 5) is 0. The molecule has 2 aliphatic rings. The van der Waals surface area contributed by atoms with Gasteiger partial charge in [0.15, 0.2) is 0 Å². The molecule has 0 fully saturated rings. The Hall–Kier alpha value is -2.62. The van der Waals surface area contributed by atoms with Crippen LogP contribution in [0.25, 0.3) is 6.08 Å². The third-order valence-corrected chi connectivity index (χ3v) is 4.83. The third kappa shape index (κ3) is 2.82. The lowest BCUT2D eigenvalue weighted by Gasteiger charge is -2.32. The van der Waals surface area contributed by atoms with Gasteiger partial charge in [0.1, 0.15) is 28.6 Å². The van der Waals surface area contributed by atoms with Gasteiger partial charge in [-0.05, 0) is 50.1 Å². The maximum absolute atomic E-state index is 10.3. The smallest absolute Gasteiger partial charge is 0.133 e. The van der Waals surface area contributed by atoms with Crippen molar-refractivity contribution in [3.63, 3.8) is 0 Å². The summed E-state index contributed by atoms with van der Waals surface area (Å²) < 4.78 is 17.3. The van der Waals surface area contributed by atoms with E-state index in [4.69, 9.17) is 14.2 Å². The molecule has 0 saturated carbocycles. The van der Waals surface area contributed by atoms with Crippen LogP contribution in [0, 0.1) is 0 Å². The number of methoxy groups -OCH3 is 1. The standard InChI is InChI=1S/C21H22O4/c1-21(2)9-8-17-19(25-21)7-4-13-10-14(12-24-20(13)17)16-6-5-15(23-3)11-18(16)22/h4-9,11,14,22H,10,12H2,1-3H3/t14-/m1/s1. The number of benzene rings is 2. The van der Waals surface area contributed by atoms with E-state index in [9.17, 15) is 5.11 Å². The summed E-state index contributed by atoms with van der Waals surface area (Å²) in [5.41, 5.74) is 2.73. The molecule has 0 bridgehead atoms. The first-order chi connectivity index (χ1) is 12.0. The zero-order valence-electron chi connectivity index (χ0n) is 14.7. The molecule has 2 aromatic carbocycles. The van der Waals surface area contributed by atoms with Crippen LogP contribution < -0.4 is 14.2 Å². The van der Waals surface area contributed by atoms with Gasteiger partial charge in [-0.25, -0.2) is 0 Å². The van der Waals surface area contributed by atoms with Crippen LogP contribution in [0.4, 0.5) is 0 Å². The number of hydrogen-bond acceptors (Lipinski definition) is 4. The summed E-state index contributed by atoms with van der Waals surface area (Å²) in [7, 11) is 1.59. The number of rotatable bonds is 2. The first-order valence-electron chi connectivity index (χ1n) is 8.51. The van der Waals surface area contributed by atoms with Gasteiger partial charge in [-0.1, -0.05) is 12.1 Å². The van der Waals surface area contributed by atoms with E-state index in [1.807, 2.05) is 32.0 Å². The fraction of sp³-hybridized carbons (Fsp3) is 0.333. The zero-order chi connectivity index (χ0) is 17.6. The van der Waals surface area contributed by atoms with Gasteiger partial charge in [0.2, 0.25) is 0 Å². The highest BCUT2D eigenvalue weighted by atomic mass is 16.5. The maximum atomic E-state index is 10.3.